The van der Waals surface area contributed by atoms with Crippen LogP contribution in [0.4, 0.5) is 5.95 Å². The van der Waals surface area contributed by atoms with E-state index >= 15 is 0 Å². The van der Waals surface area contributed by atoms with Gasteiger partial charge >= 0.3 is 0 Å². The van der Waals surface area contributed by atoms with Crippen LogP contribution < -0.4 is 5.73 Å². The maximum atomic E-state index is 6.13. The molecule has 5 nitrogen and oxygen atoms in total. The molecule has 0 saturated heterocycles. The summed E-state index contributed by atoms with van der Waals surface area (Å²) < 4.78 is 7.09. The van der Waals surface area contributed by atoms with Gasteiger partial charge in [-0.25, -0.2) is 9.97 Å². The van der Waals surface area contributed by atoms with E-state index in [1.165, 1.54) is 0 Å². The molecule has 0 radical (unpaired) electrons. The Morgan fingerprint density at radius 1 is 1.24 bits per heavy atom. The number of hydrogen-bond acceptors (Lipinski definition) is 4. The van der Waals surface area contributed by atoms with E-state index in [1.807, 2.05) is 35.8 Å². The number of pyridine rings is 1. The van der Waals surface area contributed by atoms with Gasteiger partial charge in [0.2, 0.25) is 5.95 Å². The van der Waals surface area contributed by atoms with Crippen molar-refractivity contribution in [3.05, 3.63) is 47.7 Å². The fourth-order valence-corrected chi connectivity index (χ4v) is 2.50. The molecular formula is C16H18N4O. The molecular weight excluding hydrogens is 264 g/mol. The highest BCUT2D eigenvalue weighted by molar-refractivity contribution is 5.80. The fourth-order valence-electron chi connectivity index (χ4n) is 2.50. The van der Waals surface area contributed by atoms with E-state index in [0.29, 0.717) is 12.6 Å². The molecule has 0 saturated carbocycles. The number of para-hydroxylation sites is 1. The smallest absolute Gasteiger partial charge is 0.207 e. The van der Waals surface area contributed by atoms with Gasteiger partial charge in [0, 0.05) is 13.3 Å². The van der Waals surface area contributed by atoms with Gasteiger partial charge in [0.05, 0.1) is 12.3 Å². The average molecular weight is 282 g/mol. The number of nitrogen functional groups attached to an aromatic ring is 1. The standard InChI is InChI=1S/C16H18N4O/c1-11-7-9-18-15-14(11)19-16(17)20(15)13-6-4-3-5-12(13)8-10-21-2/h3-7,9H,8,10H2,1-2H3,(H2,17,19). The number of aromatic nitrogens is 3. The maximum Gasteiger partial charge on any atom is 0.207 e. The number of methoxy groups -OCH3 is 1. The van der Waals surface area contributed by atoms with E-state index in [1.54, 1.807) is 13.3 Å². The number of rotatable bonds is 4. The number of imidazole rings is 1. The molecule has 0 unspecified atom stereocenters. The number of nitrogens with zero attached hydrogens (tertiary/aromatic N) is 3. The van der Waals surface area contributed by atoms with Crippen molar-refractivity contribution in [2.75, 3.05) is 19.5 Å². The summed E-state index contributed by atoms with van der Waals surface area (Å²) in [6.45, 7) is 2.67. The maximum absolute atomic E-state index is 6.13. The van der Waals surface area contributed by atoms with Gasteiger partial charge in [-0.1, -0.05) is 18.2 Å². The number of aryl methyl sites for hydroxylation is 1. The lowest BCUT2D eigenvalue weighted by Gasteiger charge is -2.11. The normalized spacial score (nSPS) is 11.1. The highest BCUT2D eigenvalue weighted by Gasteiger charge is 2.15. The molecule has 3 aromatic rings. The zero-order valence-corrected chi connectivity index (χ0v) is 12.2. The Morgan fingerprint density at radius 2 is 2.05 bits per heavy atom. The number of fused-ring (bicyclic) bond motifs is 1. The summed E-state index contributed by atoms with van der Waals surface area (Å²) in [5, 5.41) is 0. The Morgan fingerprint density at radius 3 is 2.86 bits per heavy atom. The predicted molar refractivity (Wildman–Crippen MR) is 83.6 cm³/mol. The molecule has 0 spiro atoms. The third-order valence-corrected chi connectivity index (χ3v) is 3.58. The number of nitrogens with two attached hydrogens (primary N) is 1. The summed E-state index contributed by atoms with van der Waals surface area (Å²) in [7, 11) is 1.70. The Labute approximate surface area is 123 Å². The Kier molecular flexibility index (Phi) is 3.58. The van der Waals surface area contributed by atoms with Crippen molar-refractivity contribution >= 4 is 17.1 Å². The van der Waals surface area contributed by atoms with E-state index < -0.39 is 0 Å². The fraction of sp³-hybridized carbons (Fsp3) is 0.250. The molecule has 5 heteroatoms. The summed E-state index contributed by atoms with van der Waals surface area (Å²) >= 11 is 0. The van der Waals surface area contributed by atoms with Crippen molar-refractivity contribution in [3.63, 3.8) is 0 Å². The van der Waals surface area contributed by atoms with Gasteiger partial charge < -0.3 is 10.5 Å². The second-order valence-electron chi connectivity index (χ2n) is 4.98. The van der Waals surface area contributed by atoms with Crippen LogP contribution in [0.2, 0.25) is 0 Å². The summed E-state index contributed by atoms with van der Waals surface area (Å²) in [6.07, 6.45) is 2.60. The predicted octanol–water partition coefficient (Wildman–Crippen LogP) is 2.50. The third-order valence-electron chi connectivity index (χ3n) is 3.58. The first-order chi connectivity index (χ1) is 10.2. The molecule has 3 rings (SSSR count). The SMILES string of the molecule is COCCc1ccccc1-n1c(N)nc2c(C)ccnc21. The number of hydrogen-bond donors (Lipinski definition) is 1. The summed E-state index contributed by atoms with van der Waals surface area (Å²) in [4.78, 5) is 8.91. The van der Waals surface area contributed by atoms with Crippen molar-refractivity contribution in [2.24, 2.45) is 0 Å². The minimum atomic E-state index is 0.455. The van der Waals surface area contributed by atoms with Gasteiger partial charge in [0.25, 0.3) is 0 Å². The highest BCUT2D eigenvalue weighted by Crippen LogP contribution is 2.25. The monoisotopic (exact) mass is 282 g/mol. The Bertz CT molecular complexity index is 779. The van der Waals surface area contributed by atoms with Gasteiger partial charge in [-0.2, -0.15) is 0 Å². The van der Waals surface area contributed by atoms with Crippen LogP contribution in [-0.2, 0) is 11.2 Å². The Balaban J connectivity index is 2.21. The van der Waals surface area contributed by atoms with Crippen LogP contribution in [0.15, 0.2) is 36.5 Å². The van der Waals surface area contributed by atoms with E-state index in [2.05, 4.69) is 16.0 Å². The van der Waals surface area contributed by atoms with Crippen molar-refractivity contribution in [1.82, 2.24) is 14.5 Å². The van der Waals surface area contributed by atoms with Crippen molar-refractivity contribution in [1.29, 1.82) is 0 Å². The van der Waals surface area contributed by atoms with Gasteiger partial charge in [-0.3, -0.25) is 4.57 Å². The van der Waals surface area contributed by atoms with Crippen molar-refractivity contribution in [2.45, 2.75) is 13.3 Å². The Hall–Kier alpha value is -2.40. The van der Waals surface area contributed by atoms with Crippen LogP contribution in [-0.4, -0.2) is 28.3 Å². The van der Waals surface area contributed by atoms with Gasteiger partial charge in [-0.15, -0.1) is 0 Å². The second-order valence-corrected chi connectivity index (χ2v) is 4.98. The van der Waals surface area contributed by atoms with Crippen molar-refractivity contribution < 1.29 is 4.74 Å². The average Bonchev–Trinajstić information content (AvgIpc) is 2.83. The second kappa shape index (κ2) is 5.54. The van der Waals surface area contributed by atoms with Crippen LogP contribution in [0, 0.1) is 6.92 Å². The van der Waals surface area contributed by atoms with Gasteiger partial charge in [0.15, 0.2) is 5.65 Å². The minimum Gasteiger partial charge on any atom is -0.384 e. The number of benzene rings is 1. The quantitative estimate of drug-likeness (QED) is 0.798. The van der Waals surface area contributed by atoms with Gasteiger partial charge in [0.1, 0.15) is 5.52 Å². The lowest BCUT2D eigenvalue weighted by Crippen LogP contribution is -2.06. The first kappa shape index (κ1) is 13.6. The summed E-state index contributed by atoms with van der Waals surface area (Å²) in [6, 6.07) is 10.1. The summed E-state index contributed by atoms with van der Waals surface area (Å²) in [5.74, 6) is 0.455. The topological polar surface area (TPSA) is 66.0 Å². The van der Waals surface area contributed by atoms with E-state index in [4.69, 9.17) is 10.5 Å². The highest BCUT2D eigenvalue weighted by atomic mass is 16.5. The van der Waals surface area contributed by atoms with Crippen LogP contribution in [0.1, 0.15) is 11.1 Å². The molecule has 0 fully saturated rings. The van der Waals surface area contributed by atoms with E-state index in [-0.39, 0.29) is 0 Å². The molecule has 0 atom stereocenters. The zero-order chi connectivity index (χ0) is 14.8. The molecule has 0 aliphatic heterocycles. The molecule has 1 aromatic carbocycles. The lowest BCUT2D eigenvalue weighted by molar-refractivity contribution is 0.202. The number of anilines is 1. The third kappa shape index (κ3) is 2.36. The molecule has 108 valence electrons. The van der Waals surface area contributed by atoms with Gasteiger partial charge in [-0.05, 0) is 36.6 Å². The molecule has 21 heavy (non-hydrogen) atoms. The van der Waals surface area contributed by atoms with Crippen molar-refractivity contribution in [3.8, 4) is 5.69 Å². The van der Waals surface area contributed by atoms with Crippen LogP contribution in [0.3, 0.4) is 0 Å². The molecule has 2 heterocycles. The van der Waals surface area contributed by atoms with Crippen LogP contribution >= 0.6 is 0 Å². The van der Waals surface area contributed by atoms with E-state index in [0.717, 1.165) is 34.4 Å². The van der Waals surface area contributed by atoms with Crippen LogP contribution in [0.5, 0.6) is 0 Å². The molecule has 0 amide bonds. The first-order valence-electron chi connectivity index (χ1n) is 6.89. The van der Waals surface area contributed by atoms with E-state index in [9.17, 15) is 0 Å². The first-order valence-corrected chi connectivity index (χ1v) is 6.89. The minimum absolute atomic E-state index is 0.455. The largest absolute Gasteiger partial charge is 0.384 e. The molecule has 0 bridgehead atoms. The molecule has 0 aliphatic rings. The van der Waals surface area contributed by atoms with Crippen LogP contribution in [0.25, 0.3) is 16.9 Å². The summed E-state index contributed by atoms with van der Waals surface area (Å²) in [5.41, 5.74) is 11.0. The lowest BCUT2D eigenvalue weighted by atomic mass is 10.1. The molecule has 0 aliphatic carbocycles. The molecule has 2 N–H and O–H groups in total. The number of ether oxygens (including phenoxy) is 1. The zero-order valence-electron chi connectivity index (χ0n) is 12.2. The molecule has 2 aromatic heterocycles.